The molecule has 3 heteroatoms. The Kier molecular flexibility index (Phi) is 4.57. The standard InChI is InChI=1S/C16H26N2S/c1-12-8-9-13(19-12)11-18-16-7-4-5-14(16)15-6-2-3-10-17-15/h8-9,14-18H,2-7,10-11H2,1H3. The molecular formula is C16H26N2S. The van der Waals surface area contributed by atoms with Crippen LogP contribution in [0.25, 0.3) is 0 Å². The van der Waals surface area contributed by atoms with E-state index in [9.17, 15) is 0 Å². The molecule has 1 saturated heterocycles. The van der Waals surface area contributed by atoms with Gasteiger partial charge in [0.05, 0.1) is 0 Å². The molecule has 2 fully saturated rings. The van der Waals surface area contributed by atoms with Crippen LogP contribution < -0.4 is 10.6 Å². The van der Waals surface area contributed by atoms with Crippen molar-refractivity contribution in [2.24, 2.45) is 5.92 Å². The fourth-order valence-electron chi connectivity index (χ4n) is 3.78. The summed E-state index contributed by atoms with van der Waals surface area (Å²) in [6.45, 7) is 4.49. The number of rotatable bonds is 4. The van der Waals surface area contributed by atoms with Gasteiger partial charge in [-0.15, -0.1) is 11.3 Å². The third-order valence-electron chi connectivity index (χ3n) is 4.77. The second-order valence-corrected chi connectivity index (χ2v) is 7.52. The van der Waals surface area contributed by atoms with Crippen molar-refractivity contribution < 1.29 is 0 Å². The van der Waals surface area contributed by atoms with E-state index < -0.39 is 0 Å². The maximum atomic E-state index is 3.83. The minimum Gasteiger partial charge on any atom is -0.314 e. The molecule has 19 heavy (non-hydrogen) atoms. The molecule has 1 aliphatic heterocycles. The number of aryl methyl sites for hydroxylation is 1. The van der Waals surface area contributed by atoms with E-state index in [-0.39, 0.29) is 0 Å². The van der Waals surface area contributed by atoms with E-state index in [2.05, 4.69) is 29.7 Å². The van der Waals surface area contributed by atoms with Crippen molar-refractivity contribution in [3.8, 4) is 0 Å². The average Bonchev–Trinajstić information content (AvgIpc) is 3.06. The summed E-state index contributed by atoms with van der Waals surface area (Å²) in [5, 5.41) is 7.58. The first-order valence-corrected chi connectivity index (χ1v) is 8.66. The maximum absolute atomic E-state index is 3.83. The van der Waals surface area contributed by atoms with Crippen molar-refractivity contribution in [1.82, 2.24) is 10.6 Å². The predicted molar refractivity (Wildman–Crippen MR) is 82.7 cm³/mol. The largest absolute Gasteiger partial charge is 0.314 e. The molecule has 1 aliphatic carbocycles. The van der Waals surface area contributed by atoms with Crippen molar-refractivity contribution in [3.63, 3.8) is 0 Å². The summed E-state index contributed by atoms with van der Waals surface area (Å²) < 4.78 is 0. The second-order valence-electron chi connectivity index (χ2n) is 6.15. The van der Waals surface area contributed by atoms with Crippen molar-refractivity contribution in [1.29, 1.82) is 0 Å². The van der Waals surface area contributed by atoms with Gasteiger partial charge >= 0.3 is 0 Å². The van der Waals surface area contributed by atoms with E-state index in [1.165, 1.54) is 54.8 Å². The number of piperidine rings is 1. The molecule has 0 amide bonds. The van der Waals surface area contributed by atoms with Crippen LogP contribution in [-0.2, 0) is 6.54 Å². The van der Waals surface area contributed by atoms with Gasteiger partial charge in [-0.25, -0.2) is 0 Å². The maximum Gasteiger partial charge on any atom is 0.0302 e. The highest BCUT2D eigenvalue weighted by Gasteiger charge is 2.33. The molecule has 1 aromatic heterocycles. The quantitative estimate of drug-likeness (QED) is 0.881. The van der Waals surface area contributed by atoms with Gasteiger partial charge < -0.3 is 10.6 Å². The Morgan fingerprint density at radius 2 is 2.16 bits per heavy atom. The van der Waals surface area contributed by atoms with Crippen LogP contribution in [-0.4, -0.2) is 18.6 Å². The van der Waals surface area contributed by atoms with Gasteiger partial charge in [-0.2, -0.15) is 0 Å². The first-order valence-electron chi connectivity index (χ1n) is 7.85. The summed E-state index contributed by atoms with van der Waals surface area (Å²) in [4.78, 5) is 2.91. The van der Waals surface area contributed by atoms with Crippen LogP contribution in [0.4, 0.5) is 0 Å². The van der Waals surface area contributed by atoms with Crippen molar-refractivity contribution >= 4 is 11.3 Å². The highest BCUT2D eigenvalue weighted by molar-refractivity contribution is 7.11. The SMILES string of the molecule is Cc1ccc(CNC2CCCC2C2CCCCN2)s1. The van der Waals surface area contributed by atoms with Crippen LogP contribution in [0.1, 0.15) is 48.3 Å². The van der Waals surface area contributed by atoms with Gasteiger partial charge in [0, 0.05) is 28.4 Å². The Morgan fingerprint density at radius 3 is 2.89 bits per heavy atom. The van der Waals surface area contributed by atoms with Gasteiger partial charge in [0.25, 0.3) is 0 Å². The summed E-state index contributed by atoms with van der Waals surface area (Å²) in [5.74, 6) is 0.862. The van der Waals surface area contributed by atoms with Gasteiger partial charge in [0.1, 0.15) is 0 Å². The van der Waals surface area contributed by atoms with Crippen LogP contribution in [0.3, 0.4) is 0 Å². The molecule has 1 aromatic rings. The molecule has 0 aromatic carbocycles. The summed E-state index contributed by atoms with van der Waals surface area (Å²) in [6.07, 6.45) is 8.37. The van der Waals surface area contributed by atoms with E-state index in [1.807, 2.05) is 11.3 Å². The Labute approximate surface area is 121 Å². The summed E-state index contributed by atoms with van der Waals surface area (Å²) in [7, 11) is 0. The van der Waals surface area contributed by atoms with Gasteiger partial charge in [-0.3, -0.25) is 0 Å². The molecule has 2 N–H and O–H groups in total. The lowest BCUT2D eigenvalue weighted by Crippen LogP contribution is -2.46. The number of hydrogen-bond acceptors (Lipinski definition) is 3. The zero-order valence-electron chi connectivity index (χ0n) is 12.0. The molecule has 0 bridgehead atoms. The van der Waals surface area contributed by atoms with E-state index in [0.29, 0.717) is 0 Å². The molecule has 0 spiro atoms. The van der Waals surface area contributed by atoms with E-state index >= 15 is 0 Å². The minimum atomic E-state index is 0.734. The first-order chi connectivity index (χ1) is 9.33. The first kappa shape index (κ1) is 13.6. The smallest absolute Gasteiger partial charge is 0.0302 e. The molecule has 2 heterocycles. The Morgan fingerprint density at radius 1 is 1.21 bits per heavy atom. The molecule has 2 nitrogen and oxygen atoms in total. The lowest BCUT2D eigenvalue weighted by molar-refractivity contribution is 0.257. The third-order valence-corrected chi connectivity index (χ3v) is 5.77. The zero-order chi connectivity index (χ0) is 13.1. The van der Waals surface area contributed by atoms with Crippen LogP contribution in [0.2, 0.25) is 0 Å². The molecule has 106 valence electrons. The normalized spacial score (nSPS) is 31.7. The van der Waals surface area contributed by atoms with Gasteiger partial charge in [0.15, 0.2) is 0 Å². The van der Waals surface area contributed by atoms with Gasteiger partial charge in [-0.1, -0.05) is 12.8 Å². The van der Waals surface area contributed by atoms with Crippen LogP contribution in [0.15, 0.2) is 12.1 Å². The summed E-state index contributed by atoms with van der Waals surface area (Å²) >= 11 is 1.93. The van der Waals surface area contributed by atoms with Crippen molar-refractivity contribution in [3.05, 3.63) is 21.9 Å². The van der Waals surface area contributed by atoms with E-state index in [0.717, 1.165) is 24.5 Å². The molecule has 3 atom stereocenters. The summed E-state index contributed by atoms with van der Waals surface area (Å²) in [6, 6.07) is 6.02. The highest BCUT2D eigenvalue weighted by Crippen LogP contribution is 2.32. The topological polar surface area (TPSA) is 24.1 Å². The molecule has 3 unspecified atom stereocenters. The molecule has 1 saturated carbocycles. The Hall–Kier alpha value is -0.380. The van der Waals surface area contributed by atoms with Crippen LogP contribution >= 0.6 is 11.3 Å². The monoisotopic (exact) mass is 278 g/mol. The van der Waals surface area contributed by atoms with Crippen molar-refractivity contribution in [2.75, 3.05) is 6.54 Å². The fourth-order valence-corrected chi connectivity index (χ4v) is 4.62. The average molecular weight is 278 g/mol. The zero-order valence-corrected chi connectivity index (χ0v) is 12.8. The Balaban J connectivity index is 1.54. The lowest BCUT2D eigenvalue weighted by atomic mass is 9.88. The summed E-state index contributed by atoms with van der Waals surface area (Å²) in [5.41, 5.74) is 0. The number of thiophene rings is 1. The third kappa shape index (κ3) is 3.39. The highest BCUT2D eigenvalue weighted by atomic mass is 32.1. The van der Waals surface area contributed by atoms with E-state index in [4.69, 9.17) is 0 Å². The van der Waals surface area contributed by atoms with E-state index in [1.54, 1.807) is 0 Å². The number of nitrogens with one attached hydrogen (secondary N) is 2. The predicted octanol–water partition coefficient (Wildman–Crippen LogP) is 3.46. The van der Waals surface area contributed by atoms with Gasteiger partial charge in [-0.05, 0) is 57.2 Å². The number of hydrogen-bond donors (Lipinski definition) is 2. The minimum absolute atomic E-state index is 0.734. The van der Waals surface area contributed by atoms with Gasteiger partial charge in [0.2, 0.25) is 0 Å². The second kappa shape index (κ2) is 6.38. The molecule has 3 rings (SSSR count). The van der Waals surface area contributed by atoms with Crippen LogP contribution in [0.5, 0.6) is 0 Å². The van der Waals surface area contributed by atoms with Crippen LogP contribution in [0, 0.1) is 12.8 Å². The fraction of sp³-hybridized carbons (Fsp3) is 0.750. The molecule has 2 aliphatic rings. The molecule has 0 radical (unpaired) electrons. The lowest BCUT2D eigenvalue weighted by Gasteiger charge is -2.33. The molecular weight excluding hydrogens is 252 g/mol. The Bertz CT molecular complexity index is 395. The van der Waals surface area contributed by atoms with Crippen molar-refractivity contribution in [2.45, 2.75) is 64.1 Å².